The lowest BCUT2D eigenvalue weighted by atomic mass is 10.2. The number of hydrogen-bond donors (Lipinski definition) is 1. The highest BCUT2D eigenvalue weighted by molar-refractivity contribution is 7.81. The molecule has 2 aromatic rings. The van der Waals surface area contributed by atoms with Gasteiger partial charge < -0.3 is 10.1 Å². The Morgan fingerprint density at radius 2 is 1.83 bits per heavy atom. The number of thiocarbonyl (C=S) groups is 1. The van der Waals surface area contributed by atoms with Crippen molar-refractivity contribution in [3.05, 3.63) is 64.2 Å². The predicted octanol–water partition coefficient (Wildman–Crippen LogP) is 4.28. The average Bonchev–Trinajstić information content (AvgIpc) is 2.46. The van der Waals surface area contributed by atoms with Crippen LogP contribution in [-0.4, -0.2) is 16.3 Å². The quantitative estimate of drug-likeness (QED) is 0.510. The number of non-ortho nitro benzene ring substituents is 1. The molecule has 0 fully saturated rings. The number of anilines is 1. The van der Waals surface area contributed by atoms with Crippen LogP contribution in [0.1, 0.15) is 5.56 Å². The fourth-order valence-corrected chi connectivity index (χ4v) is 1.96. The van der Waals surface area contributed by atoms with Crippen LogP contribution in [0.3, 0.4) is 0 Å². The van der Waals surface area contributed by atoms with Gasteiger partial charge in [-0.1, -0.05) is 18.3 Å². The molecule has 0 bridgehead atoms. The molecule has 0 aliphatic carbocycles. The van der Waals surface area contributed by atoms with E-state index in [1.807, 2.05) is 0 Å². The van der Waals surface area contributed by atoms with Crippen molar-refractivity contribution in [3.8, 4) is 5.75 Å². The van der Waals surface area contributed by atoms with Gasteiger partial charge in [0.2, 0.25) is 0 Å². The minimum Gasteiger partial charge on any atom is -0.406 e. The summed E-state index contributed by atoms with van der Waals surface area (Å²) in [7, 11) is 0. The van der Waals surface area contributed by atoms with E-state index in [2.05, 4.69) is 10.1 Å². The molecular weight excluding hydrogens is 333 g/mol. The number of nitrogens with zero attached hydrogens (tertiary/aromatic N) is 1. The molecule has 0 amide bonds. The molecule has 120 valence electrons. The molecule has 2 aromatic carbocycles. The normalized spacial score (nSPS) is 10.9. The molecule has 9 heteroatoms. The molecule has 0 saturated carbocycles. The highest BCUT2D eigenvalue weighted by atomic mass is 32.1. The van der Waals surface area contributed by atoms with Crippen molar-refractivity contribution in [2.45, 2.75) is 6.36 Å². The summed E-state index contributed by atoms with van der Waals surface area (Å²) < 4.78 is 40.4. The van der Waals surface area contributed by atoms with Crippen molar-refractivity contribution in [3.63, 3.8) is 0 Å². The lowest BCUT2D eigenvalue weighted by Crippen LogP contribution is -2.17. The van der Waals surface area contributed by atoms with Crippen LogP contribution < -0.4 is 10.1 Å². The maximum atomic E-state index is 12.2. The number of nitro benzene ring substituents is 1. The smallest absolute Gasteiger partial charge is 0.406 e. The summed E-state index contributed by atoms with van der Waals surface area (Å²) in [6.45, 7) is 0. The van der Waals surface area contributed by atoms with E-state index in [1.165, 1.54) is 36.4 Å². The number of nitro groups is 1. The number of nitrogens with one attached hydrogen (secondary N) is 1. The Balaban J connectivity index is 2.10. The Morgan fingerprint density at radius 3 is 2.39 bits per heavy atom. The Labute approximate surface area is 133 Å². The molecule has 1 N–H and O–H groups in total. The molecule has 0 aromatic heterocycles. The second-order valence-electron chi connectivity index (χ2n) is 4.33. The highest BCUT2D eigenvalue weighted by Gasteiger charge is 2.31. The minimum atomic E-state index is -4.78. The number of hydrogen-bond acceptors (Lipinski definition) is 4. The third-order valence-electron chi connectivity index (χ3n) is 2.67. The van der Waals surface area contributed by atoms with Crippen molar-refractivity contribution in [1.29, 1.82) is 0 Å². The van der Waals surface area contributed by atoms with Crippen LogP contribution in [0.15, 0.2) is 48.5 Å². The lowest BCUT2D eigenvalue weighted by Gasteiger charge is -2.12. The fraction of sp³-hybridized carbons (Fsp3) is 0.0714. The Kier molecular flexibility index (Phi) is 4.80. The zero-order chi connectivity index (χ0) is 17.0. The summed E-state index contributed by atoms with van der Waals surface area (Å²) in [5.74, 6) is -0.381. The van der Waals surface area contributed by atoms with Gasteiger partial charge in [-0.2, -0.15) is 0 Å². The van der Waals surface area contributed by atoms with Crippen LogP contribution in [0.25, 0.3) is 0 Å². The van der Waals surface area contributed by atoms with Crippen LogP contribution >= 0.6 is 12.2 Å². The molecule has 23 heavy (non-hydrogen) atoms. The van der Waals surface area contributed by atoms with Crippen molar-refractivity contribution < 1.29 is 22.8 Å². The standard InChI is InChI=1S/C14H9F3N2O3S/c15-14(16,17)22-12-3-1-2-10(8-12)18-13(23)9-4-6-11(7-5-9)19(20)21/h1-8H,(H,18,23). The molecule has 0 heterocycles. The molecule has 0 unspecified atom stereocenters. The van der Waals surface area contributed by atoms with E-state index in [9.17, 15) is 23.3 Å². The average molecular weight is 342 g/mol. The first-order chi connectivity index (χ1) is 10.7. The lowest BCUT2D eigenvalue weighted by molar-refractivity contribution is -0.384. The first kappa shape index (κ1) is 16.7. The number of halogens is 3. The topological polar surface area (TPSA) is 64.4 Å². The zero-order valence-electron chi connectivity index (χ0n) is 11.3. The van der Waals surface area contributed by atoms with Gasteiger partial charge in [0.1, 0.15) is 10.7 Å². The Hall–Kier alpha value is -2.68. The Bertz CT molecular complexity index is 733. The molecule has 0 saturated heterocycles. The van der Waals surface area contributed by atoms with Crippen molar-refractivity contribution in [2.24, 2.45) is 0 Å². The van der Waals surface area contributed by atoms with E-state index >= 15 is 0 Å². The molecule has 2 rings (SSSR count). The van der Waals surface area contributed by atoms with E-state index in [4.69, 9.17) is 12.2 Å². The van der Waals surface area contributed by atoms with Gasteiger partial charge in [-0.3, -0.25) is 10.1 Å². The number of benzene rings is 2. The van der Waals surface area contributed by atoms with E-state index in [-0.39, 0.29) is 16.4 Å². The summed E-state index contributed by atoms with van der Waals surface area (Å²) in [6, 6.07) is 10.7. The summed E-state index contributed by atoms with van der Waals surface area (Å²) in [5.41, 5.74) is 0.708. The second-order valence-corrected chi connectivity index (χ2v) is 4.74. The maximum absolute atomic E-state index is 12.2. The number of ether oxygens (including phenoxy) is 1. The van der Waals surface area contributed by atoms with Crippen molar-refractivity contribution in [1.82, 2.24) is 0 Å². The highest BCUT2D eigenvalue weighted by Crippen LogP contribution is 2.25. The van der Waals surface area contributed by atoms with Gasteiger partial charge in [0, 0.05) is 29.4 Å². The van der Waals surface area contributed by atoms with Crippen molar-refractivity contribution >= 4 is 28.6 Å². The second kappa shape index (κ2) is 6.61. The van der Waals surface area contributed by atoms with Gasteiger partial charge in [0.05, 0.1) is 4.92 Å². The third kappa shape index (κ3) is 4.92. The van der Waals surface area contributed by atoms with Crippen LogP contribution in [0.4, 0.5) is 24.5 Å². The Morgan fingerprint density at radius 1 is 1.17 bits per heavy atom. The largest absolute Gasteiger partial charge is 0.573 e. The van der Waals surface area contributed by atoms with Crippen LogP contribution in [0.2, 0.25) is 0 Å². The van der Waals surface area contributed by atoms with Crippen LogP contribution in [0, 0.1) is 10.1 Å². The molecule has 0 aliphatic rings. The molecule has 5 nitrogen and oxygen atoms in total. The molecule has 0 atom stereocenters. The van der Waals surface area contributed by atoms with Crippen LogP contribution in [-0.2, 0) is 0 Å². The molecule has 0 aliphatic heterocycles. The van der Waals surface area contributed by atoms with E-state index in [1.54, 1.807) is 0 Å². The van der Waals surface area contributed by atoms with Gasteiger partial charge in [0.25, 0.3) is 5.69 Å². The maximum Gasteiger partial charge on any atom is 0.573 e. The predicted molar refractivity (Wildman–Crippen MR) is 81.5 cm³/mol. The van der Waals surface area contributed by atoms with E-state index in [0.717, 1.165) is 12.1 Å². The van der Waals surface area contributed by atoms with Crippen LogP contribution in [0.5, 0.6) is 5.75 Å². The first-order valence-corrected chi connectivity index (χ1v) is 6.57. The SMILES string of the molecule is O=[N+]([O-])c1ccc(C(=S)Nc2cccc(OC(F)(F)F)c2)cc1. The summed E-state index contributed by atoms with van der Waals surface area (Å²) >= 11 is 5.12. The van der Waals surface area contributed by atoms with Gasteiger partial charge in [-0.05, 0) is 24.3 Å². The van der Waals surface area contributed by atoms with Gasteiger partial charge in [-0.25, -0.2) is 0 Å². The fourth-order valence-electron chi connectivity index (χ4n) is 1.71. The molecule has 0 radical (unpaired) electrons. The molecule has 0 spiro atoms. The first-order valence-electron chi connectivity index (χ1n) is 6.16. The van der Waals surface area contributed by atoms with Gasteiger partial charge in [0.15, 0.2) is 0 Å². The van der Waals surface area contributed by atoms with E-state index < -0.39 is 11.3 Å². The third-order valence-corrected chi connectivity index (χ3v) is 3.00. The van der Waals surface area contributed by atoms with Gasteiger partial charge in [-0.15, -0.1) is 13.2 Å². The number of rotatable bonds is 4. The summed E-state index contributed by atoms with van der Waals surface area (Å²) in [5, 5.41) is 13.3. The number of alkyl halides is 3. The molecular formula is C14H9F3N2O3S. The summed E-state index contributed by atoms with van der Waals surface area (Å²) in [6.07, 6.45) is -4.78. The monoisotopic (exact) mass is 342 g/mol. The van der Waals surface area contributed by atoms with Gasteiger partial charge >= 0.3 is 6.36 Å². The summed E-state index contributed by atoms with van der Waals surface area (Å²) in [4.78, 5) is 10.2. The van der Waals surface area contributed by atoms with Crippen molar-refractivity contribution in [2.75, 3.05) is 5.32 Å². The zero-order valence-corrected chi connectivity index (χ0v) is 12.1. The van der Waals surface area contributed by atoms with E-state index in [0.29, 0.717) is 11.3 Å². The minimum absolute atomic E-state index is 0.0860.